The van der Waals surface area contributed by atoms with E-state index < -0.39 is 0 Å². The molecule has 1 aromatic rings. The Morgan fingerprint density at radius 3 is 2.71 bits per heavy atom. The van der Waals surface area contributed by atoms with E-state index in [0.29, 0.717) is 12.6 Å². The van der Waals surface area contributed by atoms with Crippen LogP contribution >= 0.6 is 0 Å². The van der Waals surface area contributed by atoms with E-state index in [-0.39, 0.29) is 0 Å². The minimum absolute atomic E-state index is 0.680. The molecule has 2 aliphatic rings. The second-order valence-corrected chi connectivity index (χ2v) is 6.18. The van der Waals surface area contributed by atoms with Crippen molar-refractivity contribution < 1.29 is 4.74 Å². The second kappa shape index (κ2) is 6.56. The average molecular weight is 289 g/mol. The summed E-state index contributed by atoms with van der Waals surface area (Å²) in [6.45, 7) is 7.48. The molecule has 0 saturated carbocycles. The van der Waals surface area contributed by atoms with E-state index in [4.69, 9.17) is 10.5 Å². The van der Waals surface area contributed by atoms with Gasteiger partial charge in [-0.25, -0.2) is 0 Å². The number of likely N-dealkylation sites (tertiary alicyclic amines) is 1. The molecule has 1 unspecified atom stereocenters. The van der Waals surface area contributed by atoms with Crippen LogP contribution in [0.15, 0.2) is 18.2 Å². The number of ether oxygens (including phenoxy) is 1. The zero-order valence-electron chi connectivity index (χ0n) is 13.1. The van der Waals surface area contributed by atoms with Crippen LogP contribution in [-0.2, 0) is 0 Å². The average Bonchev–Trinajstić information content (AvgIpc) is 2.98. The Balaban J connectivity index is 1.67. The maximum Gasteiger partial charge on any atom is 0.123 e. The summed E-state index contributed by atoms with van der Waals surface area (Å²) in [4.78, 5) is 5.14. The Bertz CT molecular complexity index is 471. The second-order valence-electron chi connectivity index (χ2n) is 6.18. The predicted octanol–water partition coefficient (Wildman–Crippen LogP) is 2.73. The van der Waals surface area contributed by atoms with Crippen LogP contribution in [0, 0.1) is 0 Å². The van der Waals surface area contributed by atoms with Gasteiger partial charge < -0.3 is 15.4 Å². The molecular weight excluding hydrogens is 262 g/mol. The zero-order valence-corrected chi connectivity index (χ0v) is 13.1. The van der Waals surface area contributed by atoms with E-state index in [1.165, 1.54) is 44.5 Å². The summed E-state index contributed by atoms with van der Waals surface area (Å²) in [5.74, 6) is 0.883. The molecule has 0 aromatic heterocycles. The fourth-order valence-electron chi connectivity index (χ4n) is 3.60. The van der Waals surface area contributed by atoms with Crippen molar-refractivity contribution in [2.45, 2.75) is 38.6 Å². The highest BCUT2D eigenvalue weighted by Gasteiger charge is 2.28. The van der Waals surface area contributed by atoms with Gasteiger partial charge in [-0.1, -0.05) is 6.42 Å². The Morgan fingerprint density at radius 2 is 1.95 bits per heavy atom. The number of nitrogens with two attached hydrogens (primary N) is 1. The first-order valence-electron chi connectivity index (χ1n) is 8.28. The Kier molecular flexibility index (Phi) is 4.54. The van der Waals surface area contributed by atoms with Crippen LogP contribution in [0.2, 0.25) is 0 Å². The number of rotatable bonds is 4. The van der Waals surface area contributed by atoms with Gasteiger partial charge in [0.05, 0.1) is 6.61 Å². The van der Waals surface area contributed by atoms with Crippen molar-refractivity contribution in [2.24, 2.45) is 0 Å². The zero-order chi connectivity index (χ0) is 14.7. The molecule has 2 N–H and O–H groups in total. The highest BCUT2D eigenvalue weighted by atomic mass is 16.5. The van der Waals surface area contributed by atoms with E-state index in [0.717, 1.165) is 24.5 Å². The van der Waals surface area contributed by atoms with Crippen LogP contribution in [-0.4, -0.2) is 43.7 Å². The van der Waals surface area contributed by atoms with Gasteiger partial charge in [0.2, 0.25) is 0 Å². The largest absolute Gasteiger partial charge is 0.494 e. The van der Waals surface area contributed by atoms with Crippen LogP contribution in [0.3, 0.4) is 0 Å². The highest BCUT2D eigenvalue weighted by Crippen LogP contribution is 2.30. The van der Waals surface area contributed by atoms with E-state index in [2.05, 4.69) is 21.9 Å². The summed E-state index contributed by atoms with van der Waals surface area (Å²) in [5, 5.41) is 0. The van der Waals surface area contributed by atoms with Crippen LogP contribution in [0.1, 0.15) is 32.6 Å². The standard InChI is InChI=1S/C17H27N3O/c1-2-21-17-11-14(18)10-16(12-17)20-9-6-15(13-20)19-7-4-3-5-8-19/h10-12,15H,2-9,13,18H2,1H3. The lowest BCUT2D eigenvalue weighted by molar-refractivity contribution is 0.175. The molecule has 4 nitrogen and oxygen atoms in total. The van der Waals surface area contributed by atoms with Gasteiger partial charge in [-0.05, 0) is 45.3 Å². The number of anilines is 2. The summed E-state index contributed by atoms with van der Waals surface area (Å²) in [5.41, 5.74) is 8.01. The SMILES string of the molecule is CCOc1cc(N)cc(N2CCC(N3CCCCC3)C2)c1. The minimum Gasteiger partial charge on any atom is -0.494 e. The number of nitrogen functional groups attached to an aromatic ring is 1. The first kappa shape index (κ1) is 14.5. The summed E-state index contributed by atoms with van der Waals surface area (Å²) >= 11 is 0. The molecule has 1 aromatic carbocycles. The molecule has 0 amide bonds. The number of hydrogen-bond acceptors (Lipinski definition) is 4. The number of benzene rings is 1. The number of nitrogens with zero attached hydrogens (tertiary/aromatic N) is 2. The van der Waals surface area contributed by atoms with Crippen molar-refractivity contribution in [1.82, 2.24) is 4.90 Å². The molecule has 3 rings (SSSR count). The third-order valence-electron chi connectivity index (χ3n) is 4.66. The van der Waals surface area contributed by atoms with Crippen molar-refractivity contribution in [3.63, 3.8) is 0 Å². The van der Waals surface area contributed by atoms with Gasteiger partial charge in [0.15, 0.2) is 0 Å². The lowest BCUT2D eigenvalue weighted by atomic mass is 10.1. The lowest BCUT2D eigenvalue weighted by Gasteiger charge is -2.32. The molecule has 21 heavy (non-hydrogen) atoms. The van der Waals surface area contributed by atoms with Crippen molar-refractivity contribution >= 4 is 11.4 Å². The minimum atomic E-state index is 0.680. The fraction of sp³-hybridized carbons (Fsp3) is 0.647. The summed E-state index contributed by atoms with van der Waals surface area (Å²) < 4.78 is 5.61. The first-order chi connectivity index (χ1) is 10.3. The van der Waals surface area contributed by atoms with Crippen LogP contribution in [0.25, 0.3) is 0 Å². The fourth-order valence-corrected chi connectivity index (χ4v) is 3.60. The van der Waals surface area contributed by atoms with Gasteiger partial charge >= 0.3 is 0 Å². The molecule has 2 aliphatic heterocycles. The molecule has 2 fully saturated rings. The first-order valence-corrected chi connectivity index (χ1v) is 8.28. The van der Waals surface area contributed by atoms with E-state index in [1.807, 2.05) is 13.0 Å². The van der Waals surface area contributed by atoms with Crippen molar-refractivity contribution in [2.75, 3.05) is 43.4 Å². The van der Waals surface area contributed by atoms with Crippen molar-refractivity contribution in [1.29, 1.82) is 0 Å². The van der Waals surface area contributed by atoms with Crippen LogP contribution < -0.4 is 15.4 Å². The third kappa shape index (κ3) is 3.43. The number of hydrogen-bond donors (Lipinski definition) is 1. The van der Waals surface area contributed by atoms with E-state index >= 15 is 0 Å². The topological polar surface area (TPSA) is 41.7 Å². The van der Waals surface area contributed by atoms with Crippen LogP contribution in [0.5, 0.6) is 5.75 Å². The molecule has 2 heterocycles. The molecule has 116 valence electrons. The van der Waals surface area contributed by atoms with Gasteiger partial charge in [0.25, 0.3) is 0 Å². The van der Waals surface area contributed by atoms with Gasteiger partial charge in [0, 0.05) is 42.6 Å². The maximum absolute atomic E-state index is 6.02. The molecule has 0 bridgehead atoms. The Labute approximate surface area is 127 Å². The smallest absolute Gasteiger partial charge is 0.123 e. The summed E-state index contributed by atoms with van der Waals surface area (Å²) in [6.07, 6.45) is 5.39. The van der Waals surface area contributed by atoms with Gasteiger partial charge in [-0.2, -0.15) is 0 Å². The van der Waals surface area contributed by atoms with Gasteiger partial charge in [0.1, 0.15) is 5.75 Å². The summed E-state index contributed by atoms with van der Waals surface area (Å²) in [7, 11) is 0. The van der Waals surface area contributed by atoms with Gasteiger partial charge in [-0.3, -0.25) is 4.90 Å². The van der Waals surface area contributed by atoms with E-state index in [9.17, 15) is 0 Å². The van der Waals surface area contributed by atoms with Gasteiger partial charge in [-0.15, -0.1) is 0 Å². The maximum atomic E-state index is 6.02. The Morgan fingerprint density at radius 1 is 1.14 bits per heavy atom. The molecule has 4 heteroatoms. The van der Waals surface area contributed by atoms with E-state index in [1.54, 1.807) is 0 Å². The summed E-state index contributed by atoms with van der Waals surface area (Å²) in [6, 6.07) is 6.81. The third-order valence-corrected chi connectivity index (χ3v) is 4.66. The molecule has 0 radical (unpaired) electrons. The molecule has 2 saturated heterocycles. The highest BCUT2D eigenvalue weighted by molar-refractivity contribution is 5.61. The van der Waals surface area contributed by atoms with Crippen molar-refractivity contribution in [3.8, 4) is 5.75 Å². The molecule has 1 atom stereocenters. The quantitative estimate of drug-likeness (QED) is 0.865. The lowest BCUT2D eigenvalue weighted by Crippen LogP contribution is -2.40. The monoisotopic (exact) mass is 289 g/mol. The van der Waals surface area contributed by atoms with Crippen molar-refractivity contribution in [3.05, 3.63) is 18.2 Å². The number of piperidine rings is 1. The van der Waals surface area contributed by atoms with Crippen LogP contribution in [0.4, 0.5) is 11.4 Å². The Hall–Kier alpha value is -1.42. The molecule has 0 aliphatic carbocycles. The normalized spacial score (nSPS) is 23.5. The molecular formula is C17H27N3O. The predicted molar refractivity (Wildman–Crippen MR) is 88.1 cm³/mol. The molecule has 0 spiro atoms.